The first-order valence-corrected chi connectivity index (χ1v) is 7.91. The molecule has 0 saturated carbocycles. The van der Waals surface area contributed by atoms with Crippen LogP contribution in [0.3, 0.4) is 0 Å². The van der Waals surface area contributed by atoms with E-state index in [4.69, 9.17) is 9.53 Å². The molecule has 0 saturated heterocycles. The van der Waals surface area contributed by atoms with Crippen molar-refractivity contribution in [1.29, 1.82) is 0 Å². The highest BCUT2D eigenvalue weighted by molar-refractivity contribution is 6.71. The molecule has 0 unspecified atom stereocenters. The fraction of sp³-hybridized carbons (Fsp3) is 0.700. The minimum absolute atomic E-state index is 0.134. The van der Waals surface area contributed by atoms with Crippen molar-refractivity contribution in [1.82, 2.24) is 0 Å². The molecule has 0 heterocycles. The lowest BCUT2D eigenvalue weighted by Gasteiger charge is -2.24. The molecule has 0 aromatic carbocycles. The molecule has 14 heavy (non-hydrogen) atoms. The van der Waals surface area contributed by atoms with Crippen LogP contribution in [0, 0.1) is 5.92 Å². The minimum atomic E-state index is -1.70. The number of rotatable bonds is 6. The lowest BCUT2D eigenvalue weighted by atomic mass is 10.3. The van der Waals surface area contributed by atoms with Crippen molar-refractivity contribution in [3.8, 4) is 0 Å². The van der Waals surface area contributed by atoms with E-state index in [0.717, 1.165) is 6.04 Å². The Bertz CT molecular complexity index is 221. The Balaban J connectivity index is 3.98. The van der Waals surface area contributed by atoms with Gasteiger partial charge >= 0.3 is 5.97 Å². The average molecular weight is 216 g/mol. The van der Waals surface area contributed by atoms with Crippen LogP contribution < -0.4 is 0 Å². The summed E-state index contributed by atoms with van der Waals surface area (Å²) in [4.78, 5) is 10.5. The molecule has 0 radical (unpaired) electrons. The predicted octanol–water partition coefficient (Wildman–Crippen LogP) is 2.50. The SMILES string of the molecule is C=C(CO[Si](C)(C)CC(C)C)C(=O)O. The van der Waals surface area contributed by atoms with E-state index in [1.54, 1.807) is 0 Å². The molecule has 0 amide bonds. The summed E-state index contributed by atoms with van der Waals surface area (Å²) in [5.74, 6) is -0.380. The van der Waals surface area contributed by atoms with E-state index in [1.807, 2.05) is 0 Å². The van der Waals surface area contributed by atoms with Gasteiger partial charge in [-0.3, -0.25) is 0 Å². The maximum atomic E-state index is 10.5. The van der Waals surface area contributed by atoms with Crippen molar-refractivity contribution in [3.05, 3.63) is 12.2 Å². The van der Waals surface area contributed by atoms with Crippen molar-refractivity contribution < 1.29 is 14.3 Å². The highest BCUT2D eigenvalue weighted by Gasteiger charge is 2.24. The summed E-state index contributed by atoms with van der Waals surface area (Å²) in [5.41, 5.74) is 0.134. The number of carboxylic acid groups (broad SMARTS) is 1. The van der Waals surface area contributed by atoms with Gasteiger partial charge in [0.2, 0.25) is 0 Å². The van der Waals surface area contributed by atoms with Gasteiger partial charge in [-0.2, -0.15) is 0 Å². The van der Waals surface area contributed by atoms with Crippen LogP contribution in [-0.4, -0.2) is 26.0 Å². The van der Waals surface area contributed by atoms with Crippen LogP contribution >= 0.6 is 0 Å². The van der Waals surface area contributed by atoms with Crippen molar-refractivity contribution in [2.75, 3.05) is 6.61 Å². The number of carboxylic acids is 1. The van der Waals surface area contributed by atoms with Crippen LogP contribution in [0.15, 0.2) is 12.2 Å². The number of aliphatic carboxylic acids is 1. The molecule has 1 N–H and O–H groups in total. The summed E-state index contributed by atoms with van der Waals surface area (Å²) in [6, 6.07) is 1.04. The van der Waals surface area contributed by atoms with Crippen LogP contribution in [0.2, 0.25) is 19.1 Å². The Morgan fingerprint density at radius 2 is 2.00 bits per heavy atom. The third kappa shape index (κ3) is 5.94. The first-order valence-electron chi connectivity index (χ1n) is 4.79. The Labute approximate surface area is 86.9 Å². The topological polar surface area (TPSA) is 46.5 Å². The van der Waals surface area contributed by atoms with Crippen LogP contribution in [0.25, 0.3) is 0 Å². The molecule has 0 bridgehead atoms. The molecule has 0 aliphatic heterocycles. The highest BCUT2D eigenvalue weighted by atomic mass is 28.4. The van der Waals surface area contributed by atoms with Crippen molar-refractivity contribution in [3.63, 3.8) is 0 Å². The monoisotopic (exact) mass is 216 g/mol. The molecule has 0 rings (SSSR count). The second-order valence-corrected chi connectivity index (χ2v) is 8.77. The Morgan fingerprint density at radius 1 is 1.50 bits per heavy atom. The Hall–Kier alpha value is -0.613. The molecule has 0 spiro atoms. The van der Waals surface area contributed by atoms with Crippen LogP contribution in [0.1, 0.15) is 13.8 Å². The predicted molar refractivity (Wildman–Crippen MR) is 59.9 cm³/mol. The van der Waals surface area contributed by atoms with Gasteiger partial charge in [-0.05, 0) is 25.1 Å². The van der Waals surface area contributed by atoms with E-state index in [1.165, 1.54) is 0 Å². The lowest BCUT2D eigenvalue weighted by Crippen LogP contribution is -2.33. The van der Waals surface area contributed by atoms with Gasteiger partial charge in [0.1, 0.15) is 0 Å². The zero-order valence-electron chi connectivity index (χ0n) is 9.46. The Morgan fingerprint density at radius 3 is 2.36 bits per heavy atom. The highest BCUT2D eigenvalue weighted by Crippen LogP contribution is 2.18. The summed E-state index contributed by atoms with van der Waals surface area (Å²) < 4.78 is 5.62. The molecule has 0 aromatic heterocycles. The van der Waals surface area contributed by atoms with E-state index < -0.39 is 14.3 Å². The Kier molecular flexibility index (Phi) is 5.08. The fourth-order valence-electron chi connectivity index (χ4n) is 1.39. The van der Waals surface area contributed by atoms with E-state index in [-0.39, 0.29) is 12.2 Å². The zero-order valence-corrected chi connectivity index (χ0v) is 10.5. The quantitative estimate of drug-likeness (QED) is 0.548. The van der Waals surface area contributed by atoms with E-state index in [0.29, 0.717) is 5.92 Å². The fourth-order valence-corrected chi connectivity index (χ4v) is 4.04. The molecule has 0 aromatic rings. The van der Waals surface area contributed by atoms with E-state index >= 15 is 0 Å². The van der Waals surface area contributed by atoms with Gasteiger partial charge in [0.15, 0.2) is 8.32 Å². The molecule has 3 nitrogen and oxygen atoms in total. The third-order valence-corrected chi connectivity index (χ3v) is 4.56. The second kappa shape index (κ2) is 5.31. The van der Waals surface area contributed by atoms with E-state index in [9.17, 15) is 4.79 Å². The van der Waals surface area contributed by atoms with Gasteiger partial charge in [0.25, 0.3) is 0 Å². The molecule has 82 valence electrons. The summed E-state index contributed by atoms with van der Waals surface area (Å²) >= 11 is 0. The van der Waals surface area contributed by atoms with Crippen molar-refractivity contribution >= 4 is 14.3 Å². The largest absolute Gasteiger partial charge is 0.478 e. The molecular formula is C10H20O3Si. The maximum Gasteiger partial charge on any atom is 0.333 e. The summed E-state index contributed by atoms with van der Waals surface area (Å²) in [6.07, 6.45) is 0. The van der Waals surface area contributed by atoms with Gasteiger partial charge in [0, 0.05) is 0 Å². The number of hydrogen-bond acceptors (Lipinski definition) is 2. The normalized spacial score (nSPS) is 11.8. The first-order chi connectivity index (χ1) is 6.24. The van der Waals surface area contributed by atoms with Crippen LogP contribution in [-0.2, 0) is 9.22 Å². The molecule has 0 aliphatic carbocycles. The average Bonchev–Trinajstić information content (AvgIpc) is 1.97. The zero-order chi connectivity index (χ0) is 11.4. The van der Waals surface area contributed by atoms with E-state index in [2.05, 4.69) is 33.5 Å². The van der Waals surface area contributed by atoms with Crippen molar-refractivity contribution in [2.24, 2.45) is 5.92 Å². The van der Waals surface area contributed by atoms with Gasteiger partial charge in [-0.25, -0.2) is 4.79 Å². The first kappa shape index (κ1) is 13.4. The van der Waals surface area contributed by atoms with Crippen LogP contribution in [0.4, 0.5) is 0 Å². The smallest absolute Gasteiger partial charge is 0.333 e. The number of carbonyl (C=O) groups is 1. The standard InChI is InChI=1S/C10H20O3Si/c1-8(2)7-14(4,5)13-6-9(3)10(11)12/h8H,3,6-7H2,1-2,4-5H3,(H,11,12). The lowest BCUT2D eigenvalue weighted by molar-refractivity contribution is -0.133. The minimum Gasteiger partial charge on any atom is -0.478 e. The third-order valence-electron chi connectivity index (χ3n) is 1.84. The van der Waals surface area contributed by atoms with Gasteiger partial charge in [-0.1, -0.05) is 20.4 Å². The molecule has 0 fully saturated rings. The molecular weight excluding hydrogens is 196 g/mol. The second-order valence-electron chi connectivity index (χ2n) is 4.56. The summed E-state index contributed by atoms with van der Waals surface area (Å²) in [7, 11) is -1.70. The van der Waals surface area contributed by atoms with Gasteiger partial charge < -0.3 is 9.53 Å². The number of hydrogen-bond donors (Lipinski definition) is 1. The molecule has 4 heteroatoms. The van der Waals surface area contributed by atoms with Crippen molar-refractivity contribution in [2.45, 2.75) is 33.0 Å². The summed E-state index contributed by atoms with van der Waals surface area (Å²) in [5, 5.41) is 8.60. The van der Waals surface area contributed by atoms with Gasteiger partial charge in [0.05, 0.1) is 12.2 Å². The molecule has 0 aliphatic rings. The summed E-state index contributed by atoms with van der Waals surface area (Å²) in [6.45, 7) is 12.1. The molecule has 0 atom stereocenters. The van der Waals surface area contributed by atoms with Crippen LogP contribution in [0.5, 0.6) is 0 Å². The maximum absolute atomic E-state index is 10.5. The van der Waals surface area contributed by atoms with Gasteiger partial charge in [-0.15, -0.1) is 0 Å².